The van der Waals surface area contributed by atoms with Crippen LogP contribution in [0.15, 0.2) is 48.8 Å². The van der Waals surface area contributed by atoms with Crippen LogP contribution in [-0.2, 0) is 11.2 Å². The van der Waals surface area contributed by atoms with Gasteiger partial charge in [0.2, 0.25) is 5.91 Å². The van der Waals surface area contributed by atoms with Gasteiger partial charge in [0.25, 0.3) is 5.91 Å². The lowest BCUT2D eigenvalue weighted by Gasteiger charge is -2.56. The van der Waals surface area contributed by atoms with Crippen molar-refractivity contribution in [1.82, 2.24) is 14.8 Å². The van der Waals surface area contributed by atoms with Crippen molar-refractivity contribution >= 4 is 11.8 Å². The molecule has 0 radical (unpaired) electrons. The molecule has 1 aromatic heterocycles. The minimum absolute atomic E-state index is 0.0827. The highest BCUT2D eigenvalue weighted by Crippen LogP contribution is 2.42. The zero-order chi connectivity index (χ0) is 20.7. The molecule has 1 aromatic carbocycles. The van der Waals surface area contributed by atoms with Gasteiger partial charge < -0.3 is 9.80 Å². The number of benzene rings is 1. The zero-order valence-corrected chi connectivity index (χ0v) is 16.9. The van der Waals surface area contributed by atoms with Crippen LogP contribution in [-0.4, -0.2) is 51.8 Å². The summed E-state index contributed by atoms with van der Waals surface area (Å²) in [5.74, 6) is -0.126. The molecule has 2 aromatic rings. The maximum absolute atomic E-state index is 14.2. The molecule has 2 amide bonds. The van der Waals surface area contributed by atoms with Crippen LogP contribution in [0.4, 0.5) is 4.39 Å². The third kappa shape index (κ3) is 3.38. The van der Waals surface area contributed by atoms with Crippen molar-refractivity contribution in [2.24, 2.45) is 11.8 Å². The predicted molar refractivity (Wildman–Crippen MR) is 110 cm³/mol. The Bertz CT molecular complexity index is 950. The number of carbonyl (C=O) groups excluding carboxylic acids is 2. The molecule has 0 aliphatic carbocycles. The lowest BCUT2D eigenvalue weighted by Crippen LogP contribution is -2.66. The fraction of sp³-hybridized carbons (Fsp3) is 0.458. The van der Waals surface area contributed by atoms with Crippen LogP contribution in [0.3, 0.4) is 0 Å². The molecule has 0 N–H and O–H groups in total. The first-order chi connectivity index (χ1) is 14.6. The van der Waals surface area contributed by atoms with Crippen molar-refractivity contribution in [3.8, 4) is 0 Å². The van der Waals surface area contributed by atoms with Gasteiger partial charge in [-0.05, 0) is 49.1 Å². The second-order valence-corrected chi connectivity index (χ2v) is 8.84. The molecule has 0 saturated carbocycles. The van der Waals surface area contributed by atoms with Crippen molar-refractivity contribution in [2.75, 3.05) is 13.1 Å². The quantitative estimate of drug-likeness (QED) is 0.785. The van der Waals surface area contributed by atoms with Crippen molar-refractivity contribution in [3.05, 3.63) is 65.7 Å². The Labute approximate surface area is 175 Å². The van der Waals surface area contributed by atoms with E-state index in [4.69, 9.17) is 0 Å². The number of amides is 2. The van der Waals surface area contributed by atoms with Gasteiger partial charge in [0.1, 0.15) is 0 Å². The number of likely N-dealkylation sites (tertiary alicyclic amines) is 1. The lowest BCUT2D eigenvalue weighted by atomic mass is 9.70. The van der Waals surface area contributed by atoms with E-state index < -0.39 is 5.82 Å². The van der Waals surface area contributed by atoms with Crippen LogP contribution in [0, 0.1) is 17.7 Å². The van der Waals surface area contributed by atoms with E-state index in [9.17, 15) is 14.0 Å². The third-order valence-electron chi connectivity index (χ3n) is 7.07. The smallest absolute Gasteiger partial charge is 0.256 e. The molecular weight excluding hydrogens is 381 g/mol. The number of fused-ring (bicyclic) bond motifs is 4. The number of carbonyl (C=O) groups is 2. The van der Waals surface area contributed by atoms with Crippen LogP contribution in [0.5, 0.6) is 0 Å². The van der Waals surface area contributed by atoms with Gasteiger partial charge in [-0.1, -0.05) is 30.3 Å². The van der Waals surface area contributed by atoms with Gasteiger partial charge >= 0.3 is 0 Å². The second kappa shape index (κ2) is 7.82. The molecule has 4 atom stereocenters. The molecule has 3 aliphatic rings. The molecule has 3 aliphatic heterocycles. The summed E-state index contributed by atoms with van der Waals surface area (Å²) in [4.78, 5) is 33.8. The number of aromatic nitrogens is 1. The van der Waals surface area contributed by atoms with E-state index in [0.717, 1.165) is 31.9 Å². The Balaban J connectivity index is 1.45. The van der Waals surface area contributed by atoms with Crippen molar-refractivity contribution < 1.29 is 14.0 Å². The molecule has 2 bridgehead atoms. The molecule has 3 fully saturated rings. The van der Waals surface area contributed by atoms with E-state index in [0.29, 0.717) is 19.5 Å². The highest BCUT2D eigenvalue weighted by molar-refractivity contribution is 5.94. The number of nitrogens with zero attached hydrogens (tertiary/aromatic N) is 3. The summed E-state index contributed by atoms with van der Waals surface area (Å²) in [5.41, 5.74) is 1.29. The SMILES string of the molecule is O=C(c1ccncc1F)N1C[C@H]2C[C@@H](C1)[C@H](Cc1ccccc1)N1C(=O)CCC[C@@H]21. The standard InChI is InChI=1S/C24H26FN3O2/c25-20-13-26-10-9-19(20)24(30)27-14-17-12-18(15-27)22(11-16-5-2-1-3-6-16)28-21(17)7-4-8-23(28)29/h1-3,5-6,9-10,13,17-18,21-22H,4,7-8,11-12,14-15H2/t17-,18+,21+,22+/m1/s1. The van der Waals surface area contributed by atoms with Gasteiger partial charge in [-0.3, -0.25) is 14.6 Å². The van der Waals surface area contributed by atoms with Gasteiger partial charge in [-0.2, -0.15) is 0 Å². The van der Waals surface area contributed by atoms with Crippen molar-refractivity contribution in [1.29, 1.82) is 0 Å². The number of rotatable bonds is 3. The topological polar surface area (TPSA) is 53.5 Å². The summed E-state index contributed by atoms with van der Waals surface area (Å²) < 4.78 is 14.2. The van der Waals surface area contributed by atoms with Crippen LogP contribution >= 0.6 is 0 Å². The van der Waals surface area contributed by atoms with E-state index in [1.807, 2.05) is 23.1 Å². The Hall–Kier alpha value is -2.76. The molecule has 30 heavy (non-hydrogen) atoms. The highest BCUT2D eigenvalue weighted by atomic mass is 19.1. The average molecular weight is 407 g/mol. The first-order valence-electron chi connectivity index (χ1n) is 10.9. The summed E-state index contributed by atoms with van der Waals surface area (Å²) in [5, 5.41) is 0. The minimum atomic E-state index is -0.575. The maximum Gasteiger partial charge on any atom is 0.256 e. The average Bonchev–Trinajstić information content (AvgIpc) is 2.77. The Morgan fingerprint density at radius 1 is 1.13 bits per heavy atom. The largest absolute Gasteiger partial charge is 0.338 e. The zero-order valence-electron chi connectivity index (χ0n) is 16.9. The van der Waals surface area contributed by atoms with Crippen LogP contribution < -0.4 is 0 Å². The van der Waals surface area contributed by atoms with E-state index >= 15 is 0 Å². The summed E-state index contributed by atoms with van der Waals surface area (Å²) in [6.07, 6.45) is 6.89. The first-order valence-corrected chi connectivity index (χ1v) is 10.9. The predicted octanol–water partition coefficient (Wildman–Crippen LogP) is 3.31. The summed E-state index contributed by atoms with van der Waals surface area (Å²) in [6.45, 7) is 1.15. The number of pyridine rings is 1. The van der Waals surface area contributed by atoms with E-state index in [1.54, 1.807) is 0 Å². The Morgan fingerprint density at radius 2 is 1.93 bits per heavy atom. The maximum atomic E-state index is 14.2. The molecule has 5 nitrogen and oxygen atoms in total. The number of hydrogen-bond acceptors (Lipinski definition) is 3. The van der Waals surface area contributed by atoms with Gasteiger partial charge in [0.15, 0.2) is 5.82 Å². The molecule has 5 rings (SSSR count). The molecule has 0 spiro atoms. The molecule has 4 heterocycles. The first kappa shape index (κ1) is 19.2. The Kier molecular flexibility index (Phi) is 5.01. The molecule has 156 valence electrons. The number of halogens is 1. The summed E-state index contributed by atoms with van der Waals surface area (Å²) >= 11 is 0. The Morgan fingerprint density at radius 3 is 2.73 bits per heavy atom. The summed E-state index contributed by atoms with van der Waals surface area (Å²) in [6, 6.07) is 12.0. The normalized spacial score (nSPS) is 28.2. The van der Waals surface area contributed by atoms with Gasteiger partial charge in [-0.15, -0.1) is 0 Å². The van der Waals surface area contributed by atoms with Crippen molar-refractivity contribution in [2.45, 2.75) is 44.2 Å². The molecule has 6 heteroatoms. The number of hydrogen-bond donors (Lipinski definition) is 0. The molecular formula is C24H26FN3O2. The van der Waals surface area contributed by atoms with Crippen LogP contribution in [0.25, 0.3) is 0 Å². The molecule has 3 saturated heterocycles. The lowest BCUT2D eigenvalue weighted by molar-refractivity contribution is -0.151. The van der Waals surface area contributed by atoms with Gasteiger partial charge in [-0.25, -0.2) is 4.39 Å². The summed E-state index contributed by atoms with van der Waals surface area (Å²) in [7, 11) is 0. The fourth-order valence-electron chi connectivity index (χ4n) is 5.78. The highest BCUT2D eigenvalue weighted by Gasteiger charge is 2.50. The van der Waals surface area contributed by atoms with Gasteiger partial charge in [0.05, 0.1) is 11.8 Å². The van der Waals surface area contributed by atoms with Gasteiger partial charge in [0, 0.05) is 37.8 Å². The molecule has 0 unspecified atom stereocenters. The van der Waals surface area contributed by atoms with Crippen molar-refractivity contribution in [3.63, 3.8) is 0 Å². The third-order valence-corrected chi connectivity index (χ3v) is 7.07. The second-order valence-electron chi connectivity index (χ2n) is 8.84. The monoisotopic (exact) mass is 407 g/mol. The van der Waals surface area contributed by atoms with E-state index in [2.05, 4.69) is 22.0 Å². The van der Waals surface area contributed by atoms with E-state index in [-0.39, 0.29) is 41.3 Å². The minimum Gasteiger partial charge on any atom is -0.338 e. The fourth-order valence-corrected chi connectivity index (χ4v) is 5.78. The van der Waals surface area contributed by atoms with Crippen LogP contribution in [0.1, 0.15) is 41.6 Å². The number of piperidine rings is 3. The van der Waals surface area contributed by atoms with E-state index in [1.165, 1.54) is 17.8 Å². The van der Waals surface area contributed by atoms with Crippen LogP contribution in [0.2, 0.25) is 0 Å².